The quantitative estimate of drug-likeness (QED) is 0.0217. The molecule has 0 saturated carbocycles. The van der Waals surface area contributed by atoms with Crippen molar-refractivity contribution >= 4 is 19.5 Å². The number of unbranched alkanes of at least 4 members (excludes halogenated alkanes) is 25. The van der Waals surface area contributed by atoms with Gasteiger partial charge in [-0.25, -0.2) is 0 Å². The molecule has 54 heavy (non-hydrogen) atoms. The molecule has 0 aliphatic heterocycles. The predicted molar refractivity (Wildman–Crippen MR) is 228 cm³/mol. The number of carbonyl (C=O) groups is 2. The maximum atomic E-state index is 13.2. The highest BCUT2D eigenvalue weighted by Gasteiger charge is 2.42. The molecule has 0 aliphatic carbocycles. The molecule has 0 amide bonds. The van der Waals surface area contributed by atoms with Crippen LogP contribution in [0.4, 0.5) is 0 Å². The molecule has 3 atom stereocenters. The Kier molecular flexibility index (Phi) is 35.3. The highest BCUT2D eigenvalue weighted by molar-refractivity contribution is 7.53. The number of quaternary nitrogens is 1. The van der Waals surface area contributed by atoms with E-state index in [-0.39, 0.29) is 30.1 Å². The van der Waals surface area contributed by atoms with Crippen molar-refractivity contribution in [1.29, 1.82) is 0 Å². The normalized spacial score (nSPS) is 14.3. The van der Waals surface area contributed by atoms with Crippen molar-refractivity contribution in [2.75, 3.05) is 34.4 Å². The lowest BCUT2D eigenvalue weighted by atomic mass is 10.0. The van der Waals surface area contributed by atoms with Gasteiger partial charge < -0.3 is 23.4 Å². The van der Waals surface area contributed by atoms with Gasteiger partial charge in [0.25, 0.3) is 0 Å². The Balaban J connectivity index is 4.43. The summed E-state index contributed by atoms with van der Waals surface area (Å²) in [5, 5.41) is 0. The first-order chi connectivity index (χ1) is 26.0. The fourth-order valence-electron chi connectivity index (χ4n) is 7.09. The predicted octanol–water partition coefficient (Wildman–Crippen LogP) is 13.4. The van der Waals surface area contributed by atoms with Gasteiger partial charge in [0.05, 0.1) is 27.7 Å². The van der Waals surface area contributed by atoms with Crippen LogP contribution in [-0.4, -0.2) is 67.6 Å². The van der Waals surface area contributed by atoms with E-state index in [4.69, 9.17) is 14.0 Å². The van der Waals surface area contributed by atoms with E-state index in [2.05, 4.69) is 26.0 Å². The molecule has 0 spiro atoms. The fraction of sp³-hybridized carbons (Fsp3) is 0.911. The van der Waals surface area contributed by atoms with Crippen LogP contribution >= 0.6 is 7.60 Å². The first kappa shape index (κ1) is 52.8. The largest absolute Gasteiger partial charge is 0.462 e. The van der Waals surface area contributed by atoms with Gasteiger partial charge in [0, 0.05) is 19.3 Å². The summed E-state index contributed by atoms with van der Waals surface area (Å²) in [7, 11) is 1.53. The molecule has 320 valence electrons. The molecule has 0 heterocycles. The minimum absolute atomic E-state index is 0.184. The molecule has 0 rings (SSSR count). The third-order valence-corrected chi connectivity index (χ3v) is 12.8. The Morgan fingerprint density at radius 1 is 0.556 bits per heavy atom. The van der Waals surface area contributed by atoms with Gasteiger partial charge >= 0.3 is 19.5 Å². The number of hydrogen-bond acceptors (Lipinski definition) is 6. The standard InChI is InChI=1S/C45H88NO7P/c1-7-10-12-14-16-18-20-22-24-26-28-30-32-34-36-38-44(47)51-40-42(41-52-54(49,50)43(9-3)46(4,5)6)53-45(48)39-37-35-33-31-29-27-25-23-21-19-17-15-13-11-8-2/h23,25,42-43H,7-22,24,26-41H2,1-6H3/p+1/b25-23-/t42-,43?/m1/s1. The number of allylic oxidation sites excluding steroid dienone is 2. The molecule has 0 aromatic carbocycles. The van der Waals surface area contributed by atoms with Crippen LogP contribution in [0.25, 0.3) is 0 Å². The summed E-state index contributed by atoms with van der Waals surface area (Å²) in [6.45, 7) is 5.89. The van der Waals surface area contributed by atoms with E-state index in [0.29, 0.717) is 12.8 Å². The van der Waals surface area contributed by atoms with Gasteiger partial charge in [-0.05, 0) is 38.5 Å². The number of carbonyl (C=O) groups excluding carboxylic acids is 2. The second kappa shape index (κ2) is 36.2. The van der Waals surface area contributed by atoms with Gasteiger partial charge in [0.1, 0.15) is 6.61 Å². The summed E-state index contributed by atoms with van der Waals surface area (Å²) in [5.74, 6) is -1.36. The van der Waals surface area contributed by atoms with Crippen LogP contribution in [0.3, 0.4) is 0 Å². The Labute approximate surface area is 334 Å². The molecule has 9 heteroatoms. The average molecular weight is 787 g/mol. The van der Waals surface area contributed by atoms with E-state index in [9.17, 15) is 19.0 Å². The van der Waals surface area contributed by atoms with Crippen LogP contribution in [0.2, 0.25) is 0 Å². The van der Waals surface area contributed by atoms with Gasteiger partial charge in [0.2, 0.25) is 0 Å². The Morgan fingerprint density at radius 3 is 1.31 bits per heavy atom. The summed E-state index contributed by atoms with van der Waals surface area (Å²) in [5.41, 5.74) is 0. The van der Waals surface area contributed by atoms with E-state index in [1.165, 1.54) is 122 Å². The van der Waals surface area contributed by atoms with Crippen molar-refractivity contribution in [3.8, 4) is 0 Å². The Hall–Kier alpha value is -1.21. The van der Waals surface area contributed by atoms with Gasteiger partial charge in [-0.15, -0.1) is 0 Å². The molecular weight excluding hydrogens is 697 g/mol. The van der Waals surface area contributed by atoms with Gasteiger partial charge in [-0.2, -0.15) is 0 Å². The van der Waals surface area contributed by atoms with Crippen LogP contribution in [-0.2, 0) is 28.2 Å². The smallest absolute Gasteiger partial charge is 0.385 e. The van der Waals surface area contributed by atoms with Crippen molar-refractivity contribution in [3.05, 3.63) is 12.2 Å². The molecule has 0 aromatic rings. The van der Waals surface area contributed by atoms with Crippen molar-refractivity contribution in [2.45, 2.75) is 232 Å². The van der Waals surface area contributed by atoms with E-state index >= 15 is 0 Å². The molecule has 1 N–H and O–H groups in total. The molecule has 0 bridgehead atoms. The molecule has 0 fully saturated rings. The molecule has 2 unspecified atom stereocenters. The summed E-state index contributed by atoms with van der Waals surface area (Å²) in [6.07, 6.45) is 39.0. The van der Waals surface area contributed by atoms with E-state index < -0.39 is 25.5 Å². The molecule has 0 radical (unpaired) electrons. The van der Waals surface area contributed by atoms with Crippen LogP contribution < -0.4 is 0 Å². The topological polar surface area (TPSA) is 99.1 Å². The van der Waals surface area contributed by atoms with Crippen LogP contribution in [0.1, 0.15) is 220 Å². The number of esters is 2. The van der Waals surface area contributed by atoms with E-state index in [1.54, 1.807) is 0 Å². The third-order valence-electron chi connectivity index (χ3n) is 10.4. The summed E-state index contributed by atoms with van der Waals surface area (Å²) in [6, 6.07) is 0. The number of rotatable bonds is 40. The minimum Gasteiger partial charge on any atom is -0.462 e. The summed E-state index contributed by atoms with van der Waals surface area (Å²) >= 11 is 0. The lowest BCUT2D eigenvalue weighted by Crippen LogP contribution is -2.45. The highest BCUT2D eigenvalue weighted by Crippen LogP contribution is 2.51. The SMILES string of the molecule is CCCCCCCC/C=C\CCCCCCCC(=O)O[C@H](COC(=O)CCCCCCCCCCCCCCCCC)COP(=O)(O)C(CC)[N+](C)(C)C. The lowest BCUT2D eigenvalue weighted by Gasteiger charge is -2.35. The van der Waals surface area contributed by atoms with Gasteiger partial charge in [0.15, 0.2) is 11.9 Å². The number of hydrogen-bond donors (Lipinski definition) is 1. The second-order valence-electron chi connectivity index (χ2n) is 16.7. The molecule has 0 saturated heterocycles. The van der Waals surface area contributed by atoms with E-state index in [0.717, 1.165) is 57.8 Å². The second-order valence-corrected chi connectivity index (χ2v) is 18.7. The zero-order chi connectivity index (χ0) is 40.2. The van der Waals surface area contributed by atoms with Crippen LogP contribution in [0.15, 0.2) is 12.2 Å². The Morgan fingerprint density at radius 2 is 0.926 bits per heavy atom. The minimum atomic E-state index is -4.03. The monoisotopic (exact) mass is 787 g/mol. The maximum Gasteiger partial charge on any atom is 0.385 e. The molecule has 0 aromatic heterocycles. The summed E-state index contributed by atoms with van der Waals surface area (Å²) < 4.78 is 30.1. The Bertz CT molecular complexity index is 951. The number of nitrogens with zero attached hydrogens (tertiary/aromatic N) is 1. The van der Waals surface area contributed by atoms with E-state index in [1.807, 2.05) is 28.1 Å². The van der Waals surface area contributed by atoms with Crippen LogP contribution in [0.5, 0.6) is 0 Å². The summed E-state index contributed by atoms with van der Waals surface area (Å²) in [4.78, 5) is 36.1. The lowest BCUT2D eigenvalue weighted by molar-refractivity contribution is -0.883. The highest BCUT2D eigenvalue weighted by atomic mass is 31.2. The van der Waals surface area contributed by atoms with Crippen molar-refractivity contribution < 1.29 is 37.5 Å². The maximum absolute atomic E-state index is 13.2. The molecule has 0 aliphatic rings. The first-order valence-electron chi connectivity index (χ1n) is 22.8. The van der Waals surface area contributed by atoms with Crippen molar-refractivity contribution in [3.63, 3.8) is 0 Å². The van der Waals surface area contributed by atoms with Crippen molar-refractivity contribution in [2.24, 2.45) is 0 Å². The number of ether oxygens (including phenoxy) is 2. The molecular formula is C45H89NO7P+. The van der Waals surface area contributed by atoms with Crippen LogP contribution in [0, 0.1) is 0 Å². The van der Waals surface area contributed by atoms with Crippen molar-refractivity contribution in [1.82, 2.24) is 0 Å². The molecule has 8 nitrogen and oxygen atoms in total. The van der Waals surface area contributed by atoms with Gasteiger partial charge in [-0.3, -0.25) is 14.2 Å². The zero-order valence-electron chi connectivity index (χ0n) is 36.4. The first-order valence-corrected chi connectivity index (χ1v) is 24.4. The zero-order valence-corrected chi connectivity index (χ0v) is 37.3. The third kappa shape index (κ3) is 33.0. The fourth-order valence-corrected chi connectivity index (χ4v) is 8.98. The average Bonchev–Trinajstić information content (AvgIpc) is 3.12. The van der Waals surface area contributed by atoms with Gasteiger partial charge in [-0.1, -0.05) is 174 Å².